The minimum Gasteiger partial charge on any atom is -0.462 e. The largest absolute Gasteiger partial charge is 0.462 e. The van der Waals surface area contributed by atoms with Gasteiger partial charge in [-0.15, -0.1) is 0 Å². The second-order valence-electron chi connectivity index (χ2n) is 8.08. The Hall–Kier alpha value is -2.52. The van der Waals surface area contributed by atoms with Crippen LogP contribution in [0.1, 0.15) is 100 Å². The van der Waals surface area contributed by atoms with Crippen molar-refractivity contribution >= 4 is 40.7 Å². The first kappa shape index (κ1) is 81.5. The molecule has 3 unspecified atom stereocenters. The van der Waals surface area contributed by atoms with Gasteiger partial charge in [0.05, 0.1) is 26.5 Å². The first-order chi connectivity index (χ1) is 18.5. The van der Waals surface area contributed by atoms with Crippen molar-refractivity contribution in [2.45, 2.75) is 100 Å². The van der Waals surface area contributed by atoms with Crippen LogP contribution in [0.4, 0.5) is 0 Å². The highest BCUT2D eigenvalue weighted by Gasteiger charge is 2.11. The van der Waals surface area contributed by atoms with Crippen molar-refractivity contribution in [2.75, 3.05) is 46.4 Å². The first-order valence-electron chi connectivity index (χ1n) is 11.4. The molecule has 0 aromatic carbocycles. The first-order valence-corrected chi connectivity index (χ1v) is 17.5. The lowest BCUT2D eigenvalue weighted by molar-refractivity contribution is -0.140. The molecular formula is C32H75O15P3. The van der Waals surface area contributed by atoms with Crippen LogP contribution in [-0.4, -0.2) is 79.0 Å². The van der Waals surface area contributed by atoms with E-state index in [1.165, 1.54) is 13.8 Å². The minimum atomic E-state index is -3.64. The van der Waals surface area contributed by atoms with Gasteiger partial charge >= 0.3 is 40.7 Å². The van der Waals surface area contributed by atoms with Crippen molar-refractivity contribution in [3.63, 3.8) is 0 Å². The number of carbonyl (C=O) groups excluding carboxylic acids is 3. The summed E-state index contributed by atoms with van der Waals surface area (Å²) in [5.74, 6) is -1.66. The fraction of sp³-hybridized carbons (Fsp3) is 0.656. The van der Waals surface area contributed by atoms with Gasteiger partial charge in [0.2, 0.25) is 0 Å². The van der Waals surface area contributed by atoms with Gasteiger partial charge in [0, 0.05) is 30.0 Å². The summed E-state index contributed by atoms with van der Waals surface area (Å²) in [4.78, 5) is 58.3. The molecule has 18 heteroatoms. The summed E-state index contributed by atoms with van der Waals surface area (Å²) in [7, 11) is -10.5. The summed E-state index contributed by atoms with van der Waals surface area (Å²) in [6.07, 6.45) is 4.74. The molecule has 0 saturated carbocycles. The van der Waals surface area contributed by atoms with Gasteiger partial charge < -0.3 is 42.5 Å². The Balaban J connectivity index is -0.0000000398. The maximum atomic E-state index is 10.9. The van der Waals surface area contributed by atoms with Crippen LogP contribution in [-0.2, 0) is 55.9 Å². The average Bonchev–Trinajstić information content (AvgIpc) is 2.80. The molecule has 0 heterocycles. The molecule has 0 aliphatic rings. The Morgan fingerprint density at radius 2 is 0.840 bits per heavy atom. The van der Waals surface area contributed by atoms with E-state index in [4.69, 9.17) is 19.4 Å². The van der Waals surface area contributed by atoms with Crippen molar-refractivity contribution in [1.82, 2.24) is 0 Å². The zero-order valence-corrected chi connectivity index (χ0v) is 26.6. The molecule has 0 aromatic rings. The predicted octanol–water partition coefficient (Wildman–Crippen LogP) is 9.24. The molecule has 0 aromatic heterocycles. The Labute approximate surface area is 306 Å². The molecule has 0 spiro atoms. The third-order valence-corrected chi connectivity index (χ3v) is 4.95. The Morgan fingerprint density at radius 1 is 0.520 bits per heavy atom. The van der Waals surface area contributed by atoms with E-state index >= 15 is 0 Å². The average molecular weight is 793 g/mol. The van der Waals surface area contributed by atoms with Crippen LogP contribution in [0, 0.1) is 12.2 Å². The fourth-order valence-corrected chi connectivity index (χ4v) is 2.54. The zero-order chi connectivity index (χ0) is 32.9. The maximum Gasteiger partial charge on any atom is 0.381 e. The van der Waals surface area contributed by atoms with Crippen molar-refractivity contribution in [3.05, 3.63) is 36.5 Å². The zero-order valence-electron chi connectivity index (χ0n) is 23.9. The van der Waals surface area contributed by atoms with Gasteiger partial charge in [0.15, 0.2) is 12.2 Å². The highest BCUT2D eigenvalue weighted by atomic mass is 31.2. The third kappa shape index (κ3) is 71.5. The van der Waals surface area contributed by atoms with E-state index < -0.39 is 40.7 Å². The van der Waals surface area contributed by atoms with Gasteiger partial charge in [-0.05, 0) is 33.6 Å². The summed E-state index contributed by atoms with van der Waals surface area (Å²) in [6, 6.07) is 0. The van der Waals surface area contributed by atoms with E-state index in [0.29, 0.717) is 18.4 Å². The third-order valence-electron chi connectivity index (χ3n) is 3.20. The Bertz CT molecular complexity index is 1110. The van der Waals surface area contributed by atoms with Crippen molar-refractivity contribution < 1.29 is 70.5 Å². The van der Waals surface area contributed by atoms with Gasteiger partial charge in [-0.2, -0.15) is 0 Å². The molecule has 15 nitrogen and oxygen atoms in total. The van der Waals surface area contributed by atoms with Crippen LogP contribution in [0.3, 0.4) is 0 Å². The summed E-state index contributed by atoms with van der Waals surface area (Å²) in [5.41, 5.74) is 0.821. The molecule has 0 aliphatic heterocycles. The lowest BCUT2D eigenvalue weighted by Gasteiger charge is -2.07. The highest BCUT2D eigenvalue weighted by Crippen LogP contribution is 2.37. The number of ether oxygens (including phenoxy) is 3. The molecule has 0 amide bonds. The SMILES string of the molecule is C.C.C.C.C.C.C.C.C.C=C(C)C(=O)OC#COP(C)(=O)O.C=C(C)C(=O)OCCCCOP(C)(=O)O.C=C(C)C(=O)OCCOP(C)(=O)O. The molecule has 0 radical (unpaired) electrons. The van der Waals surface area contributed by atoms with Crippen LogP contribution in [0.2, 0.25) is 0 Å². The predicted molar refractivity (Wildman–Crippen MR) is 210 cm³/mol. The summed E-state index contributed by atoms with van der Waals surface area (Å²) >= 11 is 0. The maximum absolute atomic E-state index is 10.9. The number of carbonyl (C=O) groups is 3. The van der Waals surface area contributed by atoms with Gasteiger partial charge in [-0.25, -0.2) is 18.9 Å². The van der Waals surface area contributed by atoms with Crippen LogP contribution in [0.25, 0.3) is 0 Å². The standard InChI is InChI=1S/C9H17O5P.C7H13O5P.C7H9O5P.9CH4/c1-8(2)9(10)13-6-4-5-7-14-15(3,11)12;2*1-6(2)7(8)11-4-5-12-13(3,9)10;;;;;;;;;/h1,4-7H2,2-3H3,(H,11,12);1,4-5H2,2-3H3,(H,9,10);1H2,2-3H3,(H,9,10);9*1H4. The number of rotatable bonds is 14. The summed E-state index contributed by atoms with van der Waals surface area (Å²) in [5, 5.41) is 0. The summed E-state index contributed by atoms with van der Waals surface area (Å²) < 4.78 is 58.6. The molecule has 308 valence electrons. The summed E-state index contributed by atoms with van der Waals surface area (Å²) in [6.45, 7) is 18.1. The molecular weight excluding hydrogens is 717 g/mol. The molecule has 0 bridgehead atoms. The fourth-order valence-electron chi connectivity index (χ4n) is 1.45. The quantitative estimate of drug-likeness (QED) is 0.0373. The van der Waals surface area contributed by atoms with Crippen LogP contribution < -0.4 is 0 Å². The molecule has 3 atom stereocenters. The van der Waals surface area contributed by atoms with E-state index in [0.717, 1.165) is 20.0 Å². The van der Waals surface area contributed by atoms with Gasteiger partial charge in [0.25, 0.3) is 0 Å². The smallest absolute Gasteiger partial charge is 0.381 e. The second kappa shape index (κ2) is 42.6. The van der Waals surface area contributed by atoms with Crippen LogP contribution >= 0.6 is 22.8 Å². The van der Waals surface area contributed by atoms with Gasteiger partial charge in [-0.1, -0.05) is 86.6 Å². The normalized spacial score (nSPS) is 11.5. The molecule has 3 N–H and O–H groups in total. The van der Waals surface area contributed by atoms with Crippen molar-refractivity contribution in [1.29, 1.82) is 0 Å². The molecule has 0 rings (SSSR count). The topological polar surface area (TPSA) is 218 Å². The lowest BCUT2D eigenvalue weighted by atomic mass is 10.3. The van der Waals surface area contributed by atoms with Crippen LogP contribution in [0.15, 0.2) is 36.5 Å². The molecule has 50 heavy (non-hydrogen) atoms. The van der Waals surface area contributed by atoms with E-state index in [1.807, 2.05) is 6.11 Å². The second-order valence-corrected chi connectivity index (χ2v) is 13.6. The number of unbranched alkanes of at least 4 members (excludes halogenated alkanes) is 1. The van der Waals surface area contributed by atoms with Crippen molar-refractivity contribution in [3.8, 4) is 12.2 Å². The van der Waals surface area contributed by atoms with E-state index in [9.17, 15) is 28.1 Å². The number of hydrogen-bond acceptors (Lipinski definition) is 12. The van der Waals surface area contributed by atoms with Gasteiger partial charge in [0.1, 0.15) is 6.61 Å². The Morgan fingerprint density at radius 3 is 1.16 bits per heavy atom. The Kier molecular flexibility index (Phi) is 69.5. The number of esters is 3. The molecule has 0 saturated heterocycles. The monoisotopic (exact) mass is 792 g/mol. The highest BCUT2D eigenvalue weighted by molar-refractivity contribution is 7.52. The van der Waals surface area contributed by atoms with E-state index in [-0.39, 0.29) is 104 Å². The van der Waals surface area contributed by atoms with Crippen LogP contribution in [0.5, 0.6) is 0 Å². The molecule has 0 fully saturated rings. The molecule has 0 aliphatic carbocycles. The lowest BCUT2D eigenvalue weighted by Crippen LogP contribution is -2.10. The van der Waals surface area contributed by atoms with E-state index in [2.05, 4.69) is 42.8 Å². The van der Waals surface area contributed by atoms with Crippen molar-refractivity contribution in [2.24, 2.45) is 0 Å². The van der Waals surface area contributed by atoms with Gasteiger partial charge in [-0.3, -0.25) is 9.13 Å². The number of hydrogen-bond donors (Lipinski definition) is 3. The minimum absolute atomic E-state index is 0. The van der Waals surface area contributed by atoms with E-state index in [1.54, 1.807) is 13.0 Å².